The number of aromatic nitrogens is 1. The molecule has 0 radical (unpaired) electrons. The number of carboxylic acid groups (broad SMARTS) is 1. The van der Waals surface area contributed by atoms with Crippen molar-refractivity contribution in [3.8, 4) is 0 Å². The molecule has 0 spiro atoms. The lowest BCUT2D eigenvalue weighted by molar-refractivity contribution is -0.310. The van der Waals surface area contributed by atoms with Gasteiger partial charge in [0.05, 0.1) is 16.9 Å². The van der Waals surface area contributed by atoms with Crippen molar-refractivity contribution in [3.05, 3.63) is 28.9 Å². The van der Waals surface area contributed by atoms with Crippen LogP contribution in [0.3, 0.4) is 0 Å². The molecule has 0 aliphatic carbocycles. The molecule has 1 saturated heterocycles. The van der Waals surface area contributed by atoms with E-state index in [1.807, 2.05) is 36.9 Å². The summed E-state index contributed by atoms with van der Waals surface area (Å²) in [5.41, 5.74) is 0.857. The van der Waals surface area contributed by atoms with Crippen LogP contribution in [0.4, 0.5) is 0 Å². The predicted molar refractivity (Wildman–Crippen MR) is 84.1 cm³/mol. The Balaban J connectivity index is 2.30. The summed E-state index contributed by atoms with van der Waals surface area (Å²) in [6, 6.07) is 2.74. The van der Waals surface area contributed by atoms with Crippen LogP contribution >= 0.6 is 24.0 Å². The van der Waals surface area contributed by atoms with E-state index >= 15 is 0 Å². The highest BCUT2D eigenvalue weighted by atomic mass is 32.2. The molecule has 112 valence electrons. The molecule has 1 fully saturated rings. The van der Waals surface area contributed by atoms with E-state index in [0.717, 1.165) is 22.4 Å². The molecule has 2 heterocycles. The Labute approximate surface area is 132 Å². The molecule has 0 unspecified atom stereocenters. The molecule has 1 aromatic heterocycles. The SMILES string of the molecule is CCC[C@H](C(=O)[O-])N1C(=O)/C(=C\c2cccn2C)SC1=S. The molecule has 1 amide bonds. The lowest BCUT2D eigenvalue weighted by Gasteiger charge is -2.27. The third-order valence-electron chi connectivity index (χ3n) is 3.23. The zero-order valence-electron chi connectivity index (χ0n) is 11.7. The molecule has 21 heavy (non-hydrogen) atoms. The van der Waals surface area contributed by atoms with Crippen LogP contribution in [0.1, 0.15) is 25.5 Å². The van der Waals surface area contributed by atoms with E-state index in [2.05, 4.69) is 0 Å². The van der Waals surface area contributed by atoms with Crippen LogP contribution in [0, 0.1) is 0 Å². The van der Waals surface area contributed by atoms with E-state index in [4.69, 9.17) is 12.2 Å². The third kappa shape index (κ3) is 3.19. The number of carbonyl (C=O) groups excluding carboxylic acids is 2. The second-order valence-corrected chi connectivity index (χ2v) is 6.39. The second kappa shape index (κ2) is 6.44. The first-order chi connectivity index (χ1) is 9.95. The van der Waals surface area contributed by atoms with Gasteiger partial charge in [0.1, 0.15) is 4.32 Å². The van der Waals surface area contributed by atoms with Gasteiger partial charge in [-0.05, 0) is 24.6 Å². The molecule has 0 aromatic carbocycles. The monoisotopic (exact) mass is 323 g/mol. The normalized spacial score (nSPS) is 18.6. The van der Waals surface area contributed by atoms with E-state index < -0.39 is 12.0 Å². The van der Waals surface area contributed by atoms with Crippen LogP contribution in [0.5, 0.6) is 0 Å². The highest BCUT2D eigenvalue weighted by molar-refractivity contribution is 8.26. The molecule has 1 atom stereocenters. The van der Waals surface area contributed by atoms with Crippen LogP contribution in [-0.2, 0) is 16.6 Å². The number of carboxylic acids is 1. The van der Waals surface area contributed by atoms with Gasteiger partial charge in [-0.25, -0.2) is 0 Å². The van der Waals surface area contributed by atoms with Crippen molar-refractivity contribution in [2.75, 3.05) is 0 Å². The zero-order chi connectivity index (χ0) is 15.6. The molecule has 7 heteroatoms. The summed E-state index contributed by atoms with van der Waals surface area (Å²) < 4.78 is 2.14. The molecule has 1 aliphatic heterocycles. The van der Waals surface area contributed by atoms with Gasteiger partial charge in [0.25, 0.3) is 5.91 Å². The Bertz CT molecular complexity index is 621. The quantitative estimate of drug-likeness (QED) is 0.601. The fraction of sp³-hybridized carbons (Fsp3) is 0.357. The Morgan fingerprint density at radius 3 is 2.81 bits per heavy atom. The summed E-state index contributed by atoms with van der Waals surface area (Å²) in [6.07, 6.45) is 4.55. The van der Waals surface area contributed by atoms with Gasteiger partial charge >= 0.3 is 0 Å². The molecule has 5 nitrogen and oxygen atoms in total. The van der Waals surface area contributed by atoms with Gasteiger partial charge in [-0.1, -0.05) is 37.3 Å². The van der Waals surface area contributed by atoms with E-state index in [1.165, 1.54) is 0 Å². The van der Waals surface area contributed by atoms with Gasteiger partial charge in [0.15, 0.2) is 0 Å². The summed E-state index contributed by atoms with van der Waals surface area (Å²) in [5, 5.41) is 11.2. The molecule has 0 saturated carbocycles. The van der Waals surface area contributed by atoms with Gasteiger partial charge < -0.3 is 14.5 Å². The summed E-state index contributed by atoms with van der Waals surface area (Å²) in [6.45, 7) is 1.85. The largest absolute Gasteiger partial charge is 0.548 e. The first kappa shape index (κ1) is 15.8. The topological polar surface area (TPSA) is 65.4 Å². The number of amides is 1. The van der Waals surface area contributed by atoms with Crippen molar-refractivity contribution < 1.29 is 14.7 Å². The number of aliphatic carboxylic acids is 1. The summed E-state index contributed by atoms with van der Waals surface area (Å²) >= 11 is 6.29. The highest BCUT2D eigenvalue weighted by Gasteiger charge is 2.37. The van der Waals surface area contributed by atoms with Crippen molar-refractivity contribution in [1.29, 1.82) is 0 Å². The lowest BCUT2D eigenvalue weighted by atomic mass is 10.1. The number of nitrogens with zero attached hydrogens (tertiary/aromatic N) is 2. The number of hydrogen-bond donors (Lipinski definition) is 0. The molecule has 0 N–H and O–H groups in total. The van der Waals surface area contributed by atoms with E-state index in [1.54, 1.807) is 6.08 Å². The van der Waals surface area contributed by atoms with Crippen LogP contribution in [0.15, 0.2) is 23.2 Å². The number of thiocarbonyl (C=S) groups is 1. The van der Waals surface area contributed by atoms with Gasteiger partial charge in [-0.2, -0.15) is 0 Å². The number of rotatable bonds is 5. The van der Waals surface area contributed by atoms with Crippen molar-refractivity contribution in [3.63, 3.8) is 0 Å². The Hall–Kier alpha value is -1.60. The number of hydrogen-bond acceptors (Lipinski definition) is 5. The number of thioether (sulfide) groups is 1. The molecule has 2 rings (SSSR count). The number of aryl methyl sites for hydroxylation is 1. The molecule has 1 aromatic rings. The zero-order valence-corrected chi connectivity index (χ0v) is 13.4. The first-order valence-corrected chi connectivity index (χ1v) is 7.77. The lowest BCUT2D eigenvalue weighted by Crippen LogP contribution is -2.49. The van der Waals surface area contributed by atoms with Crippen molar-refractivity contribution in [2.45, 2.75) is 25.8 Å². The maximum atomic E-state index is 12.4. The van der Waals surface area contributed by atoms with Crippen LogP contribution in [0.2, 0.25) is 0 Å². The van der Waals surface area contributed by atoms with Crippen molar-refractivity contribution in [1.82, 2.24) is 9.47 Å². The van der Waals surface area contributed by atoms with Gasteiger partial charge in [0.2, 0.25) is 0 Å². The minimum absolute atomic E-state index is 0.267. The first-order valence-electron chi connectivity index (χ1n) is 6.55. The van der Waals surface area contributed by atoms with Crippen molar-refractivity contribution in [2.24, 2.45) is 7.05 Å². The average Bonchev–Trinajstić information content (AvgIpc) is 2.93. The Kier molecular flexibility index (Phi) is 4.84. The van der Waals surface area contributed by atoms with E-state index in [9.17, 15) is 14.7 Å². The summed E-state index contributed by atoms with van der Waals surface area (Å²) in [7, 11) is 1.87. The van der Waals surface area contributed by atoms with Gasteiger partial charge in [-0.3, -0.25) is 9.69 Å². The van der Waals surface area contributed by atoms with Crippen LogP contribution in [-0.4, -0.2) is 31.7 Å². The molecular formula is C14H15N2O3S2-. The van der Waals surface area contributed by atoms with Gasteiger partial charge in [0, 0.05) is 18.9 Å². The van der Waals surface area contributed by atoms with Gasteiger partial charge in [-0.15, -0.1) is 0 Å². The molecule has 0 bridgehead atoms. The van der Waals surface area contributed by atoms with Crippen molar-refractivity contribution >= 4 is 46.3 Å². The Morgan fingerprint density at radius 1 is 1.57 bits per heavy atom. The summed E-state index contributed by atoms with van der Waals surface area (Å²) in [5.74, 6) is -1.64. The van der Waals surface area contributed by atoms with Crippen LogP contribution in [0.25, 0.3) is 6.08 Å². The fourth-order valence-electron chi connectivity index (χ4n) is 2.13. The fourth-order valence-corrected chi connectivity index (χ4v) is 3.47. The number of carbonyl (C=O) groups is 2. The smallest absolute Gasteiger partial charge is 0.266 e. The highest BCUT2D eigenvalue weighted by Crippen LogP contribution is 2.34. The average molecular weight is 323 g/mol. The molecular weight excluding hydrogens is 308 g/mol. The second-order valence-electron chi connectivity index (χ2n) is 4.72. The van der Waals surface area contributed by atoms with E-state index in [0.29, 0.717) is 17.7 Å². The maximum Gasteiger partial charge on any atom is 0.266 e. The summed E-state index contributed by atoms with van der Waals surface area (Å²) in [4.78, 5) is 25.3. The third-order valence-corrected chi connectivity index (χ3v) is 4.56. The minimum atomic E-state index is -1.27. The predicted octanol–water partition coefficient (Wildman–Crippen LogP) is 1.14. The molecule has 1 aliphatic rings. The standard InChI is InChI=1S/C14H16N2O3S2/c1-3-5-10(13(18)19)16-12(17)11(21-14(16)20)8-9-6-4-7-15(9)2/h4,6-8,10H,3,5H2,1-2H3,(H,18,19)/p-1/b11-8+/t10-/m1/s1. The minimum Gasteiger partial charge on any atom is -0.548 e. The Morgan fingerprint density at radius 2 is 2.29 bits per heavy atom. The van der Waals surface area contributed by atoms with Crippen LogP contribution < -0.4 is 5.11 Å². The van der Waals surface area contributed by atoms with E-state index in [-0.39, 0.29) is 10.2 Å². The maximum absolute atomic E-state index is 12.4.